The molecule has 0 aromatic heterocycles. The Kier molecular flexibility index (Phi) is 7.42. The standard InChI is InChI=1S/C15H25NO6/c1-10(2)22-15(19,9-16-14(3,4)5)11(13(18)21-7)8-12(17)20-6/h8-10,19H,1-7H3/b11-8+,16-9?. The van der Waals surface area contributed by atoms with Gasteiger partial charge in [-0.1, -0.05) is 0 Å². The van der Waals surface area contributed by atoms with Gasteiger partial charge in [0.2, 0.25) is 5.79 Å². The Balaban J connectivity index is 5.96. The van der Waals surface area contributed by atoms with Crippen molar-refractivity contribution in [2.75, 3.05) is 14.2 Å². The highest BCUT2D eigenvalue weighted by atomic mass is 16.6. The van der Waals surface area contributed by atoms with Crippen LogP contribution in [0, 0.1) is 0 Å². The lowest BCUT2D eigenvalue weighted by atomic mass is 10.0. The van der Waals surface area contributed by atoms with E-state index in [4.69, 9.17) is 4.74 Å². The second kappa shape index (κ2) is 8.05. The third kappa shape index (κ3) is 6.82. The summed E-state index contributed by atoms with van der Waals surface area (Å²) in [5.74, 6) is -3.95. The highest BCUT2D eigenvalue weighted by molar-refractivity contribution is 6.01. The maximum atomic E-state index is 11.9. The number of carbonyl (C=O) groups excluding carboxylic acids is 2. The fraction of sp³-hybridized carbons (Fsp3) is 0.667. The topological polar surface area (TPSA) is 94.4 Å². The molecule has 0 rings (SSSR count). The molecule has 0 heterocycles. The van der Waals surface area contributed by atoms with Crippen molar-refractivity contribution in [2.24, 2.45) is 4.99 Å². The number of aliphatic hydroxyl groups is 1. The van der Waals surface area contributed by atoms with Crippen molar-refractivity contribution in [2.45, 2.75) is 52.0 Å². The highest BCUT2D eigenvalue weighted by Crippen LogP contribution is 2.22. The van der Waals surface area contributed by atoms with Crippen LogP contribution in [0.15, 0.2) is 16.6 Å². The molecule has 7 nitrogen and oxygen atoms in total. The minimum atomic E-state index is -2.21. The van der Waals surface area contributed by atoms with Gasteiger partial charge >= 0.3 is 11.9 Å². The summed E-state index contributed by atoms with van der Waals surface area (Å²) in [6.07, 6.45) is 1.46. The van der Waals surface area contributed by atoms with Gasteiger partial charge in [0.1, 0.15) is 5.57 Å². The van der Waals surface area contributed by atoms with Crippen LogP contribution in [0.4, 0.5) is 0 Å². The van der Waals surface area contributed by atoms with E-state index in [0.717, 1.165) is 26.5 Å². The smallest absolute Gasteiger partial charge is 0.339 e. The van der Waals surface area contributed by atoms with Crippen molar-refractivity contribution in [3.05, 3.63) is 11.6 Å². The number of ether oxygens (including phenoxy) is 3. The van der Waals surface area contributed by atoms with Gasteiger partial charge < -0.3 is 19.3 Å². The number of hydrogen-bond donors (Lipinski definition) is 1. The van der Waals surface area contributed by atoms with E-state index in [-0.39, 0.29) is 0 Å². The molecule has 0 saturated carbocycles. The molecule has 0 aliphatic heterocycles. The van der Waals surface area contributed by atoms with E-state index in [2.05, 4.69) is 14.5 Å². The number of nitrogens with zero attached hydrogens (tertiary/aromatic N) is 1. The first-order chi connectivity index (χ1) is 9.95. The van der Waals surface area contributed by atoms with Gasteiger partial charge in [0.15, 0.2) is 0 Å². The number of hydrogen-bond acceptors (Lipinski definition) is 7. The van der Waals surface area contributed by atoms with E-state index < -0.39 is 34.9 Å². The molecule has 0 bridgehead atoms. The van der Waals surface area contributed by atoms with E-state index in [1.165, 1.54) is 0 Å². The predicted molar refractivity (Wildman–Crippen MR) is 81.5 cm³/mol. The van der Waals surface area contributed by atoms with Crippen LogP contribution in [0.5, 0.6) is 0 Å². The van der Waals surface area contributed by atoms with Crippen molar-refractivity contribution in [1.82, 2.24) is 0 Å². The zero-order valence-corrected chi connectivity index (χ0v) is 14.2. The normalized spacial score (nSPS) is 15.8. The van der Waals surface area contributed by atoms with Crippen LogP contribution in [0.2, 0.25) is 0 Å². The second-order valence-corrected chi connectivity index (χ2v) is 5.86. The summed E-state index contributed by atoms with van der Waals surface area (Å²) in [7, 11) is 2.28. The summed E-state index contributed by atoms with van der Waals surface area (Å²) < 4.78 is 14.5. The molecule has 0 fully saturated rings. The maximum absolute atomic E-state index is 11.9. The van der Waals surface area contributed by atoms with E-state index in [0.29, 0.717) is 0 Å². The minimum absolute atomic E-state index is 0.413. The van der Waals surface area contributed by atoms with Crippen LogP contribution in [0.3, 0.4) is 0 Å². The molecule has 22 heavy (non-hydrogen) atoms. The molecule has 0 saturated heterocycles. The molecule has 0 aromatic carbocycles. The lowest BCUT2D eigenvalue weighted by molar-refractivity contribution is -0.162. The lowest BCUT2D eigenvalue weighted by Crippen LogP contribution is -2.43. The van der Waals surface area contributed by atoms with E-state index in [1.54, 1.807) is 34.6 Å². The third-order valence-electron chi connectivity index (χ3n) is 2.30. The van der Waals surface area contributed by atoms with E-state index >= 15 is 0 Å². The average molecular weight is 315 g/mol. The van der Waals surface area contributed by atoms with Gasteiger partial charge in [-0.3, -0.25) is 4.99 Å². The van der Waals surface area contributed by atoms with Crippen LogP contribution in [-0.2, 0) is 23.8 Å². The van der Waals surface area contributed by atoms with Gasteiger partial charge in [-0.05, 0) is 34.6 Å². The van der Waals surface area contributed by atoms with Crippen LogP contribution < -0.4 is 0 Å². The molecular weight excluding hydrogens is 290 g/mol. The van der Waals surface area contributed by atoms with Crippen LogP contribution >= 0.6 is 0 Å². The summed E-state index contributed by atoms with van der Waals surface area (Å²) >= 11 is 0. The first kappa shape index (κ1) is 20.3. The van der Waals surface area contributed by atoms with Crippen LogP contribution in [-0.4, -0.2) is 54.9 Å². The van der Waals surface area contributed by atoms with Gasteiger partial charge in [-0.15, -0.1) is 0 Å². The highest BCUT2D eigenvalue weighted by Gasteiger charge is 2.39. The minimum Gasteiger partial charge on any atom is -0.466 e. The number of esters is 2. The molecule has 1 unspecified atom stereocenters. The Morgan fingerprint density at radius 3 is 2.05 bits per heavy atom. The summed E-state index contributed by atoms with van der Waals surface area (Å²) in [6, 6.07) is 0. The first-order valence-electron chi connectivity index (χ1n) is 6.80. The van der Waals surface area contributed by atoms with Gasteiger partial charge in [-0.25, -0.2) is 9.59 Å². The Morgan fingerprint density at radius 1 is 1.14 bits per heavy atom. The number of rotatable bonds is 6. The number of aliphatic imine (C=N–C) groups is 1. The van der Waals surface area contributed by atoms with Crippen molar-refractivity contribution in [1.29, 1.82) is 0 Å². The predicted octanol–water partition coefficient (Wildman–Crippen LogP) is 1.24. The van der Waals surface area contributed by atoms with Crippen molar-refractivity contribution >= 4 is 18.2 Å². The Hall–Kier alpha value is -1.73. The monoisotopic (exact) mass is 315 g/mol. The largest absolute Gasteiger partial charge is 0.466 e. The SMILES string of the molecule is COC(=O)/C=C(\C(=O)OC)C(O)(C=NC(C)(C)C)OC(C)C. The van der Waals surface area contributed by atoms with E-state index in [1.807, 2.05) is 0 Å². The summed E-state index contributed by atoms with van der Waals surface area (Å²) in [5.41, 5.74) is -0.926. The molecule has 126 valence electrons. The van der Waals surface area contributed by atoms with Crippen molar-refractivity contribution < 1.29 is 28.9 Å². The molecule has 0 radical (unpaired) electrons. The molecule has 0 aliphatic carbocycles. The Morgan fingerprint density at radius 2 is 1.68 bits per heavy atom. The molecule has 0 aromatic rings. The molecule has 0 aliphatic rings. The molecule has 7 heteroatoms. The van der Waals surface area contributed by atoms with Crippen LogP contribution in [0.1, 0.15) is 34.6 Å². The Bertz CT molecular complexity index is 461. The Labute approximate surface area is 131 Å². The van der Waals surface area contributed by atoms with Crippen LogP contribution in [0.25, 0.3) is 0 Å². The summed E-state index contributed by atoms with van der Waals surface area (Å²) in [5, 5.41) is 10.7. The zero-order chi connectivity index (χ0) is 17.6. The molecule has 0 amide bonds. The average Bonchev–Trinajstić information content (AvgIpc) is 2.39. The summed E-state index contributed by atoms with van der Waals surface area (Å²) in [4.78, 5) is 27.5. The molecule has 1 N–H and O–H groups in total. The van der Waals surface area contributed by atoms with Gasteiger partial charge in [-0.2, -0.15) is 0 Å². The fourth-order valence-electron chi connectivity index (χ4n) is 1.40. The van der Waals surface area contributed by atoms with Crippen molar-refractivity contribution in [3.63, 3.8) is 0 Å². The number of methoxy groups -OCH3 is 2. The van der Waals surface area contributed by atoms with E-state index in [9.17, 15) is 14.7 Å². The van der Waals surface area contributed by atoms with Gasteiger partial charge in [0, 0.05) is 6.08 Å². The second-order valence-electron chi connectivity index (χ2n) is 5.86. The maximum Gasteiger partial charge on any atom is 0.339 e. The summed E-state index contributed by atoms with van der Waals surface area (Å²) in [6.45, 7) is 8.76. The van der Waals surface area contributed by atoms with Gasteiger partial charge in [0.25, 0.3) is 0 Å². The number of carbonyl (C=O) groups is 2. The lowest BCUT2D eigenvalue weighted by Gasteiger charge is -2.28. The zero-order valence-electron chi connectivity index (χ0n) is 14.2. The van der Waals surface area contributed by atoms with Gasteiger partial charge in [0.05, 0.1) is 32.1 Å². The molecule has 1 atom stereocenters. The quantitative estimate of drug-likeness (QED) is 0.343. The molecule has 0 spiro atoms. The molecular formula is C15H25NO6. The van der Waals surface area contributed by atoms with Crippen molar-refractivity contribution in [3.8, 4) is 0 Å². The fourth-order valence-corrected chi connectivity index (χ4v) is 1.40. The third-order valence-corrected chi connectivity index (χ3v) is 2.30. The first-order valence-corrected chi connectivity index (χ1v) is 6.80.